The van der Waals surface area contributed by atoms with Crippen molar-refractivity contribution >= 4 is 34.7 Å². The molecule has 2 aromatic heterocycles. The third kappa shape index (κ3) is 2.49. The molecule has 3 rings (SSSR count). The normalized spacial score (nSPS) is 11.2. The van der Waals surface area contributed by atoms with E-state index in [1.807, 2.05) is 18.2 Å². The van der Waals surface area contributed by atoms with Crippen LogP contribution in [0.15, 0.2) is 58.2 Å². The summed E-state index contributed by atoms with van der Waals surface area (Å²) in [4.78, 5) is 16.3. The van der Waals surface area contributed by atoms with E-state index in [4.69, 9.17) is 16.0 Å². The number of hydrogen-bond donors (Lipinski definition) is 0. The van der Waals surface area contributed by atoms with Gasteiger partial charge in [-0.2, -0.15) is 0 Å². The van der Waals surface area contributed by atoms with Crippen LogP contribution in [0.25, 0.3) is 23.1 Å². The van der Waals surface area contributed by atoms with Gasteiger partial charge in [0.05, 0.1) is 10.9 Å². The van der Waals surface area contributed by atoms with E-state index in [1.165, 1.54) is 6.26 Å². The molecule has 0 bridgehead atoms. The Bertz CT molecular complexity index is 838. The molecule has 3 aromatic rings. The van der Waals surface area contributed by atoms with Crippen LogP contribution in [0.1, 0.15) is 11.1 Å². The Morgan fingerprint density at radius 2 is 1.90 bits per heavy atom. The van der Waals surface area contributed by atoms with Crippen molar-refractivity contribution in [2.45, 2.75) is 0 Å². The third-order valence-electron chi connectivity index (χ3n) is 2.92. The highest BCUT2D eigenvalue weighted by atomic mass is 35.5. The van der Waals surface area contributed by atoms with E-state index >= 15 is 0 Å². The van der Waals surface area contributed by atoms with Crippen LogP contribution in [0, 0.1) is 0 Å². The summed E-state index contributed by atoms with van der Waals surface area (Å²) in [5.41, 5.74) is 1.88. The van der Waals surface area contributed by atoms with Crippen LogP contribution < -0.4 is 5.43 Å². The first-order chi connectivity index (χ1) is 9.74. The lowest BCUT2D eigenvalue weighted by atomic mass is 10.1. The van der Waals surface area contributed by atoms with Crippen LogP contribution in [0.5, 0.6) is 0 Å². The Morgan fingerprint density at radius 1 is 1.10 bits per heavy atom. The van der Waals surface area contributed by atoms with Crippen LogP contribution in [0.2, 0.25) is 5.02 Å². The summed E-state index contributed by atoms with van der Waals surface area (Å²) in [7, 11) is 0. The Hall–Kier alpha value is -2.39. The van der Waals surface area contributed by atoms with Gasteiger partial charge in [-0.3, -0.25) is 9.78 Å². The molecule has 0 unspecified atom stereocenters. The zero-order valence-electron chi connectivity index (χ0n) is 10.4. The number of aromatic nitrogens is 1. The monoisotopic (exact) mass is 283 g/mol. The van der Waals surface area contributed by atoms with E-state index in [2.05, 4.69) is 4.98 Å². The van der Waals surface area contributed by atoms with Crippen LogP contribution in [0.4, 0.5) is 0 Å². The molecule has 0 fully saturated rings. The predicted octanol–water partition coefficient (Wildman–Crippen LogP) is 4.01. The fourth-order valence-corrected chi connectivity index (χ4v) is 2.07. The van der Waals surface area contributed by atoms with Crippen LogP contribution in [-0.2, 0) is 0 Å². The molecule has 4 heteroatoms. The van der Waals surface area contributed by atoms with Gasteiger partial charge < -0.3 is 4.42 Å². The van der Waals surface area contributed by atoms with Crippen LogP contribution in [0.3, 0.4) is 0 Å². The van der Waals surface area contributed by atoms with Gasteiger partial charge >= 0.3 is 0 Å². The molecule has 0 saturated carbocycles. The van der Waals surface area contributed by atoms with E-state index in [1.54, 1.807) is 36.7 Å². The van der Waals surface area contributed by atoms with Gasteiger partial charge in [0, 0.05) is 17.4 Å². The molecular weight excluding hydrogens is 274 g/mol. The fraction of sp³-hybridized carbons (Fsp3) is 0. The smallest absolute Gasteiger partial charge is 0.199 e. The largest absolute Gasteiger partial charge is 0.463 e. The third-order valence-corrected chi connectivity index (χ3v) is 3.16. The molecule has 0 aliphatic carbocycles. The van der Waals surface area contributed by atoms with E-state index in [0.29, 0.717) is 21.6 Å². The minimum atomic E-state index is -0.0981. The first-order valence-electron chi connectivity index (χ1n) is 6.03. The number of rotatable bonds is 2. The van der Waals surface area contributed by atoms with Crippen molar-refractivity contribution in [1.82, 2.24) is 4.98 Å². The van der Waals surface area contributed by atoms with Gasteiger partial charge in [-0.1, -0.05) is 17.7 Å². The zero-order valence-corrected chi connectivity index (χ0v) is 11.2. The van der Waals surface area contributed by atoms with Gasteiger partial charge in [0.1, 0.15) is 11.8 Å². The molecular formula is C16H10ClNO2. The SMILES string of the molecule is O=c1c(/C=C/c2ccncc2)coc2ccc(Cl)cc12. The number of fused-ring (bicyclic) bond motifs is 1. The van der Waals surface area contributed by atoms with Gasteiger partial charge in [-0.15, -0.1) is 0 Å². The summed E-state index contributed by atoms with van der Waals surface area (Å²) in [6.07, 6.45) is 8.41. The molecule has 0 radical (unpaired) electrons. The molecule has 1 aromatic carbocycles. The van der Waals surface area contributed by atoms with Gasteiger partial charge in [0.15, 0.2) is 5.43 Å². The molecule has 0 saturated heterocycles. The van der Waals surface area contributed by atoms with Crippen molar-refractivity contribution < 1.29 is 4.42 Å². The Labute approximate surface area is 120 Å². The van der Waals surface area contributed by atoms with Crippen LogP contribution in [-0.4, -0.2) is 4.98 Å². The second-order valence-electron chi connectivity index (χ2n) is 4.27. The zero-order chi connectivity index (χ0) is 13.9. The molecule has 3 nitrogen and oxygen atoms in total. The van der Waals surface area contributed by atoms with Crippen molar-refractivity contribution in [3.63, 3.8) is 0 Å². The quantitative estimate of drug-likeness (QED) is 0.713. The second kappa shape index (κ2) is 5.31. The second-order valence-corrected chi connectivity index (χ2v) is 4.71. The number of benzene rings is 1. The van der Waals surface area contributed by atoms with E-state index in [9.17, 15) is 4.79 Å². The fourth-order valence-electron chi connectivity index (χ4n) is 1.89. The van der Waals surface area contributed by atoms with Crippen molar-refractivity contribution in [3.05, 3.63) is 75.4 Å². The number of hydrogen-bond acceptors (Lipinski definition) is 3. The molecule has 0 N–H and O–H groups in total. The highest BCUT2D eigenvalue weighted by Crippen LogP contribution is 2.17. The molecule has 0 atom stereocenters. The minimum absolute atomic E-state index is 0.0981. The van der Waals surface area contributed by atoms with Gasteiger partial charge in [-0.05, 0) is 42.0 Å². The standard InChI is InChI=1S/C16H10ClNO2/c17-13-3-4-15-14(9-13)16(19)12(10-20-15)2-1-11-5-7-18-8-6-11/h1-10H/b2-1+. The molecule has 98 valence electrons. The summed E-state index contributed by atoms with van der Waals surface area (Å²) in [5, 5.41) is 0.995. The molecule has 0 aliphatic heterocycles. The lowest BCUT2D eigenvalue weighted by molar-refractivity contribution is 0.601. The molecule has 0 aliphatic rings. The van der Waals surface area contributed by atoms with Crippen molar-refractivity contribution in [2.75, 3.05) is 0 Å². The topological polar surface area (TPSA) is 43.1 Å². The maximum atomic E-state index is 12.3. The highest BCUT2D eigenvalue weighted by Gasteiger charge is 2.05. The molecule has 2 heterocycles. The molecule has 0 amide bonds. The van der Waals surface area contributed by atoms with E-state index < -0.39 is 0 Å². The molecule has 0 spiro atoms. The highest BCUT2D eigenvalue weighted by molar-refractivity contribution is 6.31. The number of halogens is 1. The number of pyridine rings is 1. The summed E-state index contributed by atoms with van der Waals surface area (Å²) in [6, 6.07) is 8.72. The average Bonchev–Trinajstić information content (AvgIpc) is 2.48. The first-order valence-corrected chi connectivity index (χ1v) is 6.41. The van der Waals surface area contributed by atoms with Crippen molar-refractivity contribution in [1.29, 1.82) is 0 Å². The van der Waals surface area contributed by atoms with Gasteiger partial charge in [0.2, 0.25) is 0 Å². The summed E-state index contributed by atoms with van der Waals surface area (Å²) in [6.45, 7) is 0. The van der Waals surface area contributed by atoms with Gasteiger partial charge in [-0.25, -0.2) is 0 Å². The van der Waals surface area contributed by atoms with E-state index in [0.717, 1.165) is 5.56 Å². The minimum Gasteiger partial charge on any atom is -0.463 e. The van der Waals surface area contributed by atoms with E-state index in [-0.39, 0.29) is 5.43 Å². The predicted molar refractivity (Wildman–Crippen MR) is 80.7 cm³/mol. The summed E-state index contributed by atoms with van der Waals surface area (Å²) < 4.78 is 5.44. The van der Waals surface area contributed by atoms with Crippen molar-refractivity contribution in [3.8, 4) is 0 Å². The van der Waals surface area contributed by atoms with Crippen LogP contribution >= 0.6 is 11.6 Å². The number of nitrogens with zero attached hydrogens (tertiary/aromatic N) is 1. The Balaban J connectivity index is 2.07. The average molecular weight is 284 g/mol. The lowest BCUT2D eigenvalue weighted by Crippen LogP contribution is -2.04. The summed E-state index contributed by atoms with van der Waals surface area (Å²) in [5.74, 6) is 0. The maximum Gasteiger partial charge on any atom is 0.199 e. The van der Waals surface area contributed by atoms with Gasteiger partial charge in [0.25, 0.3) is 0 Å². The van der Waals surface area contributed by atoms with Crippen molar-refractivity contribution in [2.24, 2.45) is 0 Å². The Kier molecular flexibility index (Phi) is 3.35. The molecule has 20 heavy (non-hydrogen) atoms. The first kappa shape index (κ1) is 12.6. The Morgan fingerprint density at radius 3 is 2.70 bits per heavy atom. The maximum absolute atomic E-state index is 12.3. The summed E-state index contributed by atoms with van der Waals surface area (Å²) >= 11 is 5.91. The lowest BCUT2D eigenvalue weighted by Gasteiger charge is -1.99.